The second kappa shape index (κ2) is 10.3. The zero-order valence-electron chi connectivity index (χ0n) is 15.6. The zero-order chi connectivity index (χ0) is 18.9. The van der Waals surface area contributed by atoms with Crippen molar-refractivity contribution < 1.29 is 9.53 Å². The lowest BCUT2D eigenvalue weighted by molar-refractivity contribution is -0.125. The van der Waals surface area contributed by atoms with E-state index in [0.717, 1.165) is 41.5 Å². The van der Waals surface area contributed by atoms with E-state index >= 15 is 0 Å². The van der Waals surface area contributed by atoms with Gasteiger partial charge in [-0.3, -0.25) is 4.79 Å². The van der Waals surface area contributed by atoms with Gasteiger partial charge in [-0.05, 0) is 31.4 Å². The predicted octanol–water partition coefficient (Wildman–Crippen LogP) is 3.00. The highest BCUT2D eigenvalue weighted by Crippen LogP contribution is 2.33. The number of ether oxygens (including phenoxy) is 1. The standard InChI is InChI=1S/C20H26N4O2S/c1-26-14-6-10-22-19(25)16-7-5-13-24(15-16)18-20(23-12-11-21-18)27-17-8-3-2-4-9-17/h2-4,8-9,11-12,16H,5-7,10,13-15H2,1H3,(H,22,25)/t16-/m0/s1. The third kappa shape index (κ3) is 5.68. The Kier molecular flexibility index (Phi) is 7.47. The van der Waals surface area contributed by atoms with Crippen molar-refractivity contribution in [2.75, 3.05) is 38.3 Å². The summed E-state index contributed by atoms with van der Waals surface area (Å²) in [5.41, 5.74) is 0. The summed E-state index contributed by atoms with van der Waals surface area (Å²) in [6.07, 6.45) is 6.16. The summed E-state index contributed by atoms with van der Waals surface area (Å²) >= 11 is 1.61. The molecule has 3 rings (SSSR count). The van der Waals surface area contributed by atoms with Gasteiger partial charge in [-0.15, -0.1) is 0 Å². The number of carbonyl (C=O) groups excluding carboxylic acids is 1. The lowest BCUT2D eigenvalue weighted by Gasteiger charge is -2.33. The number of benzene rings is 1. The summed E-state index contributed by atoms with van der Waals surface area (Å²) in [4.78, 5) is 24.9. The third-order valence-electron chi connectivity index (χ3n) is 4.52. The van der Waals surface area contributed by atoms with Gasteiger partial charge in [-0.2, -0.15) is 0 Å². The highest BCUT2D eigenvalue weighted by molar-refractivity contribution is 7.99. The van der Waals surface area contributed by atoms with Crippen LogP contribution in [0.25, 0.3) is 0 Å². The fraction of sp³-hybridized carbons (Fsp3) is 0.450. The number of hydrogen-bond acceptors (Lipinski definition) is 6. The molecule has 0 spiro atoms. The van der Waals surface area contributed by atoms with Gasteiger partial charge in [-0.25, -0.2) is 9.97 Å². The highest BCUT2D eigenvalue weighted by Gasteiger charge is 2.27. The van der Waals surface area contributed by atoms with E-state index < -0.39 is 0 Å². The molecule has 7 heteroatoms. The number of rotatable bonds is 8. The predicted molar refractivity (Wildman–Crippen MR) is 107 cm³/mol. The van der Waals surface area contributed by atoms with Crippen LogP contribution in [0, 0.1) is 5.92 Å². The van der Waals surface area contributed by atoms with E-state index in [4.69, 9.17) is 4.74 Å². The summed E-state index contributed by atoms with van der Waals surface area (Å²) in [5.74, 6) is 0.970. The maximum Gasteiger partial charge on any atom is 0.224 e. The first-order valence-corrected chi connectivity index (χ1v) is 10.1. The Morgan fingerprint density at radius 2 is 2.11 bits per heavy atom. The molecule has 2 aromatic rings. The van der Waals surface area contributed by atoms with Crippen LogP contribution in [-0.2, 0) is 9.53 Å². The van der Waals surface area contributed by atoms with Crippen molar-refractivity contribution in [2.45, 2.75) is 29.2 Å². The van der Waals surface area contributed by atoms with Gasteiger partial charge in [0.1, 0.15) is 5.03 Å². The van der Waals surface area contributed by atoms with Crippen LogP contribution in [0.5, 0.6) is 0 Å². The Balaban J connectivity index is 1.65. The van der Waals surface area contributed by atoms with Crippen molar-refractivity contribution in [3.8, 4) is 0 Å². The molecule has 144 valence electrons. The zero-order valence-corrected chi connectivity index (χ0v) is 16.5. The molecular weight excluding hydrogens is 360 g/mol. The van der Waals surface area contributed by atoms with E-state index in [2.05, 4.69) is 32.3 Å². The van der Waals surface area contributed by atoms with Crippen molar-refractivity contribution in [3.05, 3.63) is 42.7 Å². The molecule has 1 amide bonds. The quantitative estimate of drug-likeness (QED) is 0.704. The Morgan fingerprint density at radius 3 is 2.93 bits per heavy atom. The number of methoxy groups -OCH3 is 1. The van der Waals surface area contributed by atoms with Gasteiger partial charge >= 0.3 is 0 Å². The summed E-state index contributed by atoms with van der Waals surface area (Å²) in [6.45, 7) is 2.89. The minimum Gasteiger partial charge on any atom is -0.385 e. The molecule has 1 aromatic heterocycles. The Bertz CT molecular complexity index is 729. The normalized spacial score (nSPS) is 16.9. The molecule has 1 atom stereocenters. The molecule has 1 saturated heterocycles. The molecule has 0 unspecified atom stereocenters. The van der Waals surface area contributed by atoms with E-state index in [1.807, 2.05) is 18.2 Å². The maximum absolute atomic E-state index is 12.5. The molecule has 27 heavy (non-hydrogen) atoms. The maximum atomic E-state index is 12.5. The second-order valence-electron chi connectivity index (χ2n) is 6.52. The van der Waals surface area contributed by atoms with Crippen molar-refractivity contribution in [1.82, 2.24) is 15.3 Å². The van der Waals surface area contributed by atoms with Crippen LogP contribution in [0.2, 0.25) is 0 Å². The number of anilines is 1. The fourth-order valence-corrected chi connectivity index (χ4v) is 4.07. The first-order chi connectivity index (χ1) is 13.3. The SMILES string of the molecule is COCCCNC(=O)[C@H]1CCCN(c2nccnc2Sc2ccccc2)C1. The molecule has 0 radical (unpaired) electrons. The average Bonchev–Trinajstić information content (AvgIpc) is 2.72. The van der Waals surface area contributed by atoms with E-state index in [1.165, 1.54) is 0 Å². The van der Waals surface area contributed by atoms with Crippen LogP contribution in [0.3, 0.4) is 0 Å². The topological polar surface area (TPSA) is 67.3 Å². The van der Waals surface area contributed by atoms with E-state index in [0.29, 0.717) is 19.7 Å². The van der Waals surface area contributed by atoms with Gasteiger partial charge in [0.15, 0.2) is 5.82 Å². The lowest BCUT2D eigenvalue weighted by Crippen LogP contribution is -2.44. The fourth-order valence-electron chi connectivity index (χ4n) is 3.16. The molecule has 1 aliphatic heterocycles. The molecule has 2 heterocycles. The molecule has 6 nitrogen and oxygen atoms in total. The lowest BCUT2D eigenvalue weighted by atomic mass is 9.97. The van der Waals surface area contributed by atoms with Crippen LogP contribution < -0.4 is 10.2 Å². The van der Waals surface area contributed by atoms with Crippen molar-refractivity contribution in [2.24, 2.45) is 5.92 Å². The molecular formula is C20H26N4O2S. The number of aromatic nitrogens is 2. The third-order valence-corrected chi connectivity index (χ3v) is 5.51. The number of nitrogens with one attached hydrogen (secondary N) is 1. The molecule has 1 aromatic carbocycles. The molecule has 0 saturated carbocycles. The Hall–Kier alpha value is -2.12. The van der Waals surface area contributed by atoms with E-state index in [1.54, 1.807) is 31.3 Å². The van der Waals surface area contributed by atoms with Crippen LogP contribution in [0.15, 0.2) is 52.6 Å². The van der Waals surface area contributed by atoms with Crippen LogP contribution in [0.1, 0.15) is 19.3 Å². The average molecular weight is 387 g/mol. The monoisotopic (exact) mass is 386 g/mol. The largest absolute Gasteiger partial charge is 0.385 e. The van der Waals surface area contributed by atoms with Crippen molar-refractivity contribution in [3.63, 3.8) is 0 Å². The smallest absolute Gasteiger partial charge is 0.224 e. The van der Waals surface area contributed by atoms with E-state index in [9.17, 15) is 4.79 Å². The van der Waals surface area contributed by atoms with Crippen LogP contribution >= 0.6 is 11.8 Å². The Morgan fingerprint density at radius 1 is 1.30 bits per heavy atom. The minimum atomic E-state index is -0.0159. The number of amides is 1. The first kappa shape index (κ1) is 19.6. The number of piperidine rings is 1. The molecule has 0 aliphatic carbocycles. The van der Waals surface area contributed by atoms with Crippen molar-refractivity contribution in [1.29, 1.82) is 0 Å². The summed E-state index contributed by atoms with van der Waals surface area (Å²) in [7, 11) is 1.67. The minimum absolute atomic E-state index is 0.0159. The Labute approximate surface area is 164 Å². The summed E-state index contributed by atoms with van der Waals surface area (Å²) in [5, 5.41) is 3.91. The number of nitrogens with zero attached hydrogens (tertiary/aromatic N) is 3. The van der Waals surface area contributed by atoms with Gasteiger partial charge in [0.2, 0.25) is 5.91 Å². The van der Waals surface area contributed by atoms with E-state index in [-0.39, 0.29) is 11.8 Å². The van der Waals surface area contributed by atoms with Crippen LogP contribution in [-0.4, -0.2) is 49.2 Å². The van der Waals surface area contributed by atoms with Gasteiger partial charge in [-0.1, -0.05) is 30.0 Å². The number of carbonyl (C=O) groups is 1. The number of hydrogen-bond donors (Lipinski definition) is 1. The van der Waals surface area contributed by atoms with Crippen LogP contribution in [0.4, 0.5) is 5.82 Å². The molecule has 1 aliphatic rings. The van der Waals surface area contributed by atoms with Gasteiger partial charge < -0.3 is 15.0 Å². The van der Waals surface area contributed by atoms with Crippen molar-refractivity contribution >= 4 is 23.5 Å². The second-order valence-corrected chi connectivity index (χ2v) is 7.58. The highest BCUT2D eigenvalue weighted by atomic mass is 32.2. The van der Waals surface area contributed by atoms with Gasteiger partial charge in [0.05, 0.1) is 5.92 Å². The molecule has 1 fully saturated rings. The first-order valence-electron chi connectivity index (χ1n) is 9.33. The summed E-state index contributed by atoms with van der Waals surface area (Å²) < 4.78 is 5.03. The van der Waals surface area contributed by atoms with Gasteiger partial charge in [0, 0.05) is 50.6 Å². The van der Waals surface area contributed by atoms with Gasteiger partial charge in [0.25, 0.3) is 0 Å². The molecule has 0 bridgehead atoms. The molecule has 1 N–H and O–H groups in total. The summed E-state index contributed by atoms with van der Waals surface area (Å²) in [6, 6.07) is 10.2.